The quantitative estimate of drug-likeness (QED) is 0.765. The van der Waals surface area contributed by atoms with Crippen LogP contribution in [0.3, 0.4) is 0 Å². The van der Waals surface area contributed by atoms with Crippen LogP contribution in [0.4, 0.5) is 11.6 Å². The van der Waals surface area contributed by atoms with E-state index in [1.54, 1.807) is 12.4 Å². The fourth-order valence-electron chi connectivity index (χ4n) is 3.39. The van der Waals surface area contributed by atoms with Gasteiger partial charge in [0.05, 0.1) is 0 Å². The molecule has 0 bridgehead atoms. The number of pyridine rings is 2. The third kappa shape index (κ3) is 3.00. The summed E-state index contributed by atoms with van der Waals surface area (Å²) in [5.74, 6) is 0.955. The molecule has 0 saturated heterocycles. The van der Waals surface area contributed by atoms with Gasteiger partial charge < -0.3 is 16.4 Å². The van der Waals surface area contributed by atoms with Crippen molar-refractivity contribution in [2.45, 2.75) is 25.7 Å². The van der Waals surface area contributed by atoms with Crippen molar-refractivity contribution < 1.29 is 9.59 Å². The van der Waals surface area contributed by atoms with E-state index in [0.717, 1.165) is 40.6 Å². The predicted molar refractivity (Wildman–Crippen MR) is 100 cm³/mol. The zero-order valence-corrected chi connectivity index (χ0v) is 14.6. The Kier molecular flexibility index (Phi) is 4.06. The molecule has 2 aliphatic carbocycles. The molecule has 0 spiro atoms. The normalized spacial score (nSPS) is 19.3. The first kappa shape index (κ1) is 16.5. The fraction of sp³-hybridized carbons (Fsp3) is 0.368. The number of nitrogens with one attached hydrogen (secondary N) is 2. The molecule has 1 saturated carbocycles. The number of anilines is 2. The van der Waals surface area contributed by atoms with Gasteiger partial charge in [0.1, 0.15) is 11.6 Å². The number of aromatic nitrogens is 2. The molecule has 26 heavy (non-hydrogen) atoms. The Bertz CT molecular complexity index is 933. The maximum Gasteiger partial charge on any atom is 0.228 e. The second kappa shape index (κ2) is 6.40. The molecule has 2 aromatic heterocycles. The van der Waals surface area contributed by atoms with Crippen molar-refractivity contribution in [3.05, 3.63) is 30.1 Å². The summed E-state index contributed by atoms with van der Waals surface area (Å²) in [5, 5.41) is 7.78. The molecule has 4 N–H and O–H groups in total. The van der Waals surface area contributed by atoms with Crippen molar-refractivity contribution in [2.75, 3.05) is 17.7 Å². The zero-order chi connectivity index (χ0) is 18.3. The summed E-state index contributed by atoms with van der Waals surface area (Å²) < 4.78 is 0. The van der Waals surface area contributed by atoms with Crippen molar-refractivity contribution in [3.63, 3.8) is 0 Å². The molecule has 134 valence electrons. The first-order valence-electron chi connectivity index (χ1n) is 8.83. The lowest BCUT2D eigenvalue weighted by Crippen LogP contribution is -2.20. The summed E-state index contributed by atoms with van der Waals surface area (Å²) >= 11 is 0. The lowest BCUT2D eigenvalue weighted by atomic mass is 9.98. The average molecular weight is 351 g/mol. The van der Waals surface area contributed by atoms with Crippen LogP contribution >= 0.6 is 0 Å². The topological polar surface area (TPSA) is 110 Å². The fourth-order valence-corrected chi connectivity index (χ4v) is 3.39. The van der Waals surface area contributed by atoms with E-state index in [1.807, 2.05) is 19.2 Å². The number of nitrogens with zero attached hydrogens (tertiary/aromatic N) is 2. The molecule has 2 amide bonds. The van der Waals surface area contributed by atoms with Gasteiger partial charge in [-0.3, -0.25) is 9.59 Å². The van der Waals surface area contributed by atoms with Crippen LogP contribution in [0, 0.1) is 11.8 Å². The summed E-state index contributed by atoms with van der Waals surface area (Å²) in [6, 6.07) is 1.88. The summed E-state index contributed by atoms with van der Waals surface area (Å²) in [6.07, 6.45) is 8.72. The van der Waals surface area contributed by atoms with E-state index in [2.05, 4.69) is 20.6 Å². The lowest BCUT2D eigenvalue weighted by Gasteiger charge is -2.13. The van der Waals surface area contributed by atoms with Crippen molar-refractivity contribution in [1.82, 2.24) is 9.97 Å². The van der Waals surface area contributed by atoms with Gasteiger partial charge in [-0.25, -0.2) is 9.97 Å². The zero-order valence-electron chi connectivity index (χ0n) is 14.6. The molecule has 4 rings (SSSR count). The molecule has 1 atom stereocenters. The minimum Gasteiger partial charge on any atom is -0.373 e. The molecule has 1 fully saturated rings. The molecular weight excluding hydrogens is 330 g/mol. The molecule has 7 heteroatoms. The van der Waals surface area contributed by atoms with Gasteiger partial charge in [0, 0.05) is 42.2 Å². The molecule has 7 nitrogen and oxygen atoms in total. The van der Waals surface area contributed by atoms with Crippen LogP contribution < -0.4 is 16.4 Å². The second-order valence-electron chi connectivity index (χ2n) is 6.92. The number of carbonyl (C=O) groups excluding carboxylic acids is 2. The Morgan fingerprint density at radius 2 is 1.96 bits per heavy atom. The standard InChI is InChI=1S/C19H21N5O2/c1-21-18-15-9-22-16(24-19(26)10-2-3-10)7-13(15)14(8-23-18)11-4-5-12(6-11)17(20)25/h4,7-10,12H,2-3,5-6H2,1H3,(H2,20,25)(H,21,23)(H,22,24,26). The number of primary amides is 1. The van der Waals surface area contributed by atoms with Crippen LogP contribution in [-0.2, 0) is 9.59 Å². The number of nitrogens with two attached hydrogens (primary N) is 1. The maximum absolute atomic E-state index is 12.1. The monoisotopic (exact) mass is 351 g/mol. The Morgan fingerprint density at radius 1 is 1.15 bits per heavy atom. The van der Waals surface area contributed by atoms with Gasteiger partial charge in [0.2, 0.25) is 11.8 Å². The van der Waals surface area contributed by atoms with Gasteiger partial charge in [-0.2, -0.15) is 0 Å². The van der Waals surface area contributed by atoms with E-state index in [1.165, 1.54) is 0 Å². The highest BCUT2D eigenvalue weighted by atomic mass is 16.2. The van der Waals surface area contributed by atoms with Gasteiger partial charge in [-0.15, -0.1) is 0 Å². The number of hydrogen-bond donors (Lipinski definition) is 3. The number of rotatable bonds is 5. The lowest BCUT2D eigenvalue weighted by molar-refractivity contribution is -0.121. The first-order valence-corrected chi connectivity index (χ1v) is 8.83. The Labute approximate surface area is 151 Å². The van der Waals surface area contributed by atoms with Crippen LogP contribution in [0.5, 0.6) is 0 Å². The van der Waals surface area contributed by atoms with Crippen LogP contribution in [-0.4, -0.2) is 28.8 Å². The van der Waals surface area contributed by atoms with Gasteiger partial charge in [0.25, 0.3) is 0 Å². The van der Waals surface area contributed by atoms with Crippen molar-refractivity contribution >= 4 is 39.8 Å². The molecular formula is C19H21N5O2. The van der Waals surface area contributed by atoms with Crippen LogP contribution in [0.15, 0.2) is 24.5 Å². The molecule has 1 unspecified atom stereocenters. The van der Waals surface area contributed by atoms with Crippen molar-refractivity contribution in [2.24, 2.45) is 17.6 Å². The largest absolute Gasteiger partial charge is 0.373 e. The second-order valence-corrected chi connectivity index (χ2v) is 6.92. The van der Waals surface area contributed by atoms with E-state index in [-0.39, 0.29) is 23.7 Å². The first-order chi connectivity index (χ1) is 12.6. The third-order valence-corrected chi connectivity index (χ3v) is 5.07. The van der Waals surface area contributed by atoms with E-state index in [9.17, 15) is 9.59 Å². The van der Waals surface area contributed by atoms with Gasteiger partial charge in [-0.05, 0) is 42.7 Å². The maximum atomic E-state index is 12.1. The molecule has 0 aliphatic heterocycles. The number of carbonyl (C=O) groups is 2. The summed E-state index contributed by atoms with van der Waals surface area (Å²) in [5.41, 5.74) is 7.46. The summed E-state index contributed by atoms with van der Waals surface area (Å²) in [6.45, 7) is 0. The van der Waals surface area contributed by atoms with Crippen molar-refractivity contribution in [3.8, 4) is 0 Å². The summed E-state index contributed by atoms with van der Waals surface area (Å²) in [4.78, 5) is 32.4. The Morgan fingerprint density at radius 3 is 2.62 bits per heavy atom. The predicted octanol–water partition coefficient (Wildman–Crippen LogP) is 2.30. The summed E-state index contributed by atoms with van der Waals surface area (Å²) in [7, 11) is 1.81. The van der Waals surface area contributed by atoms with Crippen molar-refractivity contribution in [1.29, 1.82) is 0 Å². The van der Waals surface area contributed by atoms with Gasteiger partial charge >= 0.3 is 0 Å². The van der Waals surface area contributed by atoms with Gasteiger partial charge in [0.15, 0.2) is 0 Å². The third-order valence-electron chi connectivity index (χ3n) is 5.07. The van der Waals surface area contributed by atoms with Crippen LogP contribution in [0.25, 0.3) is 16.3 Å². The highest BCUT2D eigenvalue weighted by Gasteiger charge is 2.30. The van der Waals surface area contributed by atoms with Gasteiger partial charge in [-0.1, -0.05) is 6.08 Å². The average Bonchev–Trinajstić information content (AvgIpc) is 3.37. The molecule has 2 aliphatic rings. The smallest absolute Gasteiger partial charge is 0.228 e. The molecule has 2 aromatic rings. The van der Waals surface area contributed by atoms with E-state index in [0.29, 0.717) is 18.7 Å². The highest BCUT2D eigenvalue weighted by molar-refractivity contribution is 6.02. The van der Waals surface area contributed by atoms with Crippen LogP contribution in [0.1, 0.15) is 31.2 Å². The molecule has 2 heterocycles. The molecule has 0 radical (unpaired) electrons. The Balaban J connectivity index is 1.74. The number of allylic oxidation sites excluding steroid dienone is 2. The molecule has 0 aromatic carbocycles. The number of hydrogen-bond acceptors (Lipinski definition) is 5. The van der Waals surface area contributed by atoms with E-state index in [4.69, 9.17) is 5.73 Å². The Hall–Kier alpha value is -2.96. The van der Waals surface area contributed by atoms with E-state index >= 15 is 0 Å². The number of amides is 2. The number of fused-ring (bicyclic) bond motifs is 1. The minimum atomic E-state index is -0.278. The van der Waals surface area contributed by atoms with E-state index < -0.39 is 0 Å². The minimum absolute atomic E-state index is 0.0233. The highest BCUT2D eigenvalue weighted by Crippen LogP contribution is 2.37. The van der Waals surface area contributed by atoms with Crippen LogP contribution in [0.2, 0.25) is 0 Å². The SMILES string of the molecule is CNc1ncc(C2=CCC(C(N)=O)C2)c2cc(NC(=O)C3CC3)ncc12.